The molecule has 0 spiro atoms. The minimum absolute atomic E-state index is 0.592. The van der Waals surface area contributed by atoms with Gasteiger partial charge in [-0.1, -0.05) is 30.3 Å². The Labute approximate surface area is 168 Å². The maximum atomic E-state index is 10.6. The number of aromatic nitrogens is 1. The molecule has 28 heavy (non-hydrogen) atoms. The first-order valence-corrected chi connectivity index (χ1v) is 10.1. The average Bonchev–Trinajstić information content (AvgIpc) is 3.15. The Morgan fingerprint density at radius 3 is 2.57 bits per heavy atom. The summed E-state index contributed by atoms with van der Waals surface area (Å²) in [6.07, 6.45) is 1.19. The van der Waals surface area contributed by atoms with Gasteiger partial charge in [-0.15, -0.1) is 0 Å². The van der Waals surface area contributed by atoms with E-state index in [0.29, 0.717) is 18.9 Å². The number of aliphatic hydroxyl groups excluding tert-OH is 1. The van der Waals surface area contributed by atoms with Crippen molar-refractivity contribution in [2.45, 2.75) is 24.1 Å². The SMILES string of the molecule is OC(c1ccccc1)c1cc2c(cn1)CN(Sc1ccc3c(c1)OCCO3)C2. The third-order valence-corrected chi connectivity index (χ3v) is 5.92. The largest absolute Gasteiger partial charge is 0.486 e. The fourth-order valence-corrected chi connectivity index (χ4v) is 4.51. The van der Waals surface area contributed by atoms with Crippen LogP contribution in [0, 0.1) is 0 Å². The van der Waals surface area contributed by atoms with Crippen LogP contribution in [0.15, 0.2) is 65.7 Å². The number of hydrogen-bond acceptors (Lipinski definition) is 6. The minimum atomic E-state index is -0.703. The van der Waals surface area contributed by atoms with Gasteiger partial charge in [0.2, 0.25) is 0 Å². The first-order valence-electron chi connectivity index (χ1n) is 9.29. The normalized spacial score (nSPS) is 16.6. The predicted octanol–water partition coefficient (Wildman–Crippen LogP) is 3.96. The topological polar surface area (TPSA) is 54.8 Å². The molecule has 2 aliphatic heterocycles. The summed E-state index contributed by atoms with van der Waals surface area (Å²) < 4.78 is 13.6. The van der Waals surface area contributed by atoms with E-state index in [4.69, 9.17) is 9.47 Å². The van der Waals surface area contributed by atoms with Gasteiger partial charge in [0.25, 0.3) is 0 Å². The zero-order valence-electron chi connectivity index (χ0n) is 15.2. The molecule has 3 aromatic rings. The predicted molar refractivity (Wildman–Crippen MR) is 107 cm³/mol. The van der Waals surface area contributed by atoms with Crippen molar-refractivity contribution >= 4 is 11.9 Å². The standard InChI is InChI=1S/C22H20N2O3S/c25-22(15-4-2-1-3-5-15)19-10-16-13-24(14-17(16)12-23-19)28-18-6-7-20-21(11-18)27-9-8-26-20/h1-7,10-12,22,25H,8-9,13-14H2. The number of aliphatic hydroxyl groups is 1. The molecule has 0 radical (unpaired) electrons. The maximum absolute atomic E-state index is 10.6. The highest BCUT2D eigenvalue weighted by Crippen LogP contribution is 2.38. The summed E-state index contributed by atoms with van der Waals surface area (Å²) >= 11 is 1.70. The van der Waals surface area contributed by atoms with Crippen LogP contribution in [0.4, 0.5) is 0 Å². The van der Waals surface area contributed by atoms with E-state index in [0.717, 1.165) is 35.0 Å². The molecule has 0 bridgehead atoms. The van der Waals surface area contributed by atoms with Crippen molar-refractivity contribution in [2.75, 3.05) is 13.2 Å². The second-order valence-electron chi connectivity index (χ2n) is 6.89. The lowest BCUT2D eigenvalue weighted by molar-refractivity contribution is 0.171. The zero-order chi connectivity index (χ0) is 18.9. The van der Waals surface area contributed by atoms with Crippen LogP contribution in [0.2, 0.25) is 0 Å². The van der Waals surface area contributed by atoms with Crippen LogP contribution in [0.1, 0.15) is 28.5 Å². The van der Waals surface area contributed by atoms with Gasteiger partial charge in [-0.3, -0.25) is 4.98 Å². The molecule has 6 heteroatoms. The lowest BCUT2D eigenvalue weighted by Crippen LogP contribution is -2.15. The second-order valence-corrected chi connectivity index (χ2v) is 8.06. The number of ether oxygens (including phenoxy) is 2. The molecular weight excluding hydrogens is 372 g/mol. The van der Waals surface area contributed by atoms with Crippen molar-refractivity contribution in [3.63, 3.8) is 0 Å². The van der Waals surface area contributed by atoms with E-state index < -0.39 is 6.10 Å². The maximum Gasteiger partial charge on any atom is 0.162 e. The Morgan fingerprint density at radius 2 is 1.71 bits per heavy atom. The van der Waals surface area contributed by atoms with E-state index in [1.165, 1.54) is 11.1 Å². The van der Waals surface area contributed by atoms with E-state index in [9.17, 15) is 5.11 Å². The van der Waals surface area contributed by atoms with Gasteiger partial charge in [0.1, 0.15) is 19.3 Å². The fraction of sp³-hybridized carbons (Fsp3) is 0.227. The molecule has 5 nitrogen and oxygen atoms in total. The van der Waals surface area contributed by atoms with Crippen molar-refractivity contribution in [3.05, 3.63) is 83.2 Å². The van der Waals surface area contributed by atoms with E-state index in [1.54, 1.807) is 11.9 Å². The Morgan fingerprint density at radius 1 is 0.929 bits per heavy atom. The third-order valence-electron chi connectivity index (χ3n) is 4.94. The lowest BCUT2D eigenvalue weighted by atomic mass is 10.0. The second kappa shape index (κ2) is 7.47. The highest BCUT2D eigenvalue weighted by molar-refractivity contribution is 7.97. The smallest absolute Gasteiger partial charge is 0.162 e. The van der Waals surface area contributed by atoms with Gasteiger partial charge in [0.15, 0.2) is 11.5 Å². The summed E-state index contributed by atoms with van der Waals surface area (Å²) in [6.45, 7) is 2.83. The Kier molecular flexibility index (Phi) is 4.68. The molecule has 1 atom stereocenters. The number of benzene rings is 2. The Hall–Kier alpha value is -2.54. The number of nitrogens with zero attached hydrogens (tertiary/aromatic N) is 2. The van der Waals surface area contributed by atoms with Gasteiger partial charge < -0.3 is 14.6 Å². The van der Waals surface area contributed by atoms with Crippen molar-refractivity contribution < 1.29 is 14.6 Å². The lowest BCUT2D eigenvalue weighted by Gasteiger charge is -2.20. The number of hydrogen-bond donors (Lipinski definition) is 1. The molecule has 5 rings (SSSR count). The Balaban J connectivity index is 1.30. The molecule has 0 fully saturated rings. The summed E-state index contributed by atoms with van der Waals surface area (Å²) in [5, 5.41) is 10.6. The summed E-state index contributed by atoms with van der Waals surface area (Å²) in [7, 11) is 0. The van der Waals surface area contributed by atoms with Crippen LogP contribution in [-0.4, -0.2) is 27.6 Å². The molecule has 2 aliphatic rings. The first-order chi connectivity index (χ1) is 13.8. The Bertz CT molecular complexity index is 996. The average molecular weight is 392 g/mol. The number of fused-ring (bicyclic) bond motifs is 2. The van der Waals surface area contributed by atoms with Crippen molar-refractivity contribution in [1.29, 1.82) is 0 Å². The summed E-state index contributed by atoms with van der Waals surface area (Å²) in [4.78, 5) is 5.62. The van der Waals surface area contributed by atoms with Crippen LogP contribution in [0.25, 0.3) is 0 Å². The zero-order valence-corrected chi connectivity index (χ0v) is 16.1. The molecule has 0 saturated carbocycles. The molecule has 1 aromatic heterocycles. The van der Waals surface area contributed by atoms with Crippen molar-refractivity contribution in [1.82, 2.24) is 9.29 Å². The van der Waals surface area contributed by atoms with Crippen molar-refractivity contribution in [2.24, 2.45) is 0 Å². The van der Waals surface area contributed by atoms with Crippen LogP contribution in [0.3, 0.4) is 0 Å². The van der Waals surface area contributed by atoms with Gasteiger partial charge in [0.05, 0.1) is 5.69 Å². The third kappa shape index (κ3) is 3.46. The molecular formula is C22H20N2O3S. The van der Waals surface area contributed by atoms with E-state index in [2.05, 4.69) is 15.4 Å². The molecule has 142 valence electrons. The molecule has 0 aliphatic carbocycles. The summed E-state index contributed by atoms with van der Waals surface area (Å²) in [5.74, 6) is 1.62. The van der Waals surface area contributed by atoms with E-state index in [1.807, 2.05) is 54.7 Å². The molecule has 0 saturated heterocycles. The molecule has 1 unspecified atom stereocenters. The summed E-state index contributed by atoms with van der Waals surface area (Å²) in [5.41, 5.74) is 3.96. The molecule has 1 N–H and O–H groups in total. The van der Waals surface area contributed by atoms with Gasteiger partial charge in [0, 0.05) is 24.2 Å². The molecule has 3 heterocycles. The van der Waals surface area contributed by atoms with Crippen LogP contribution in [0.5, 0.6) is 11.5 Å². The minimum Gasteiger partial charge on any atom is -0.486 e. The van der Waals surface area contributed by atoms with Gasteiger partial charge in [-0.25, -0.2) is 4.31 Å². The van der Waals surface area contributed by atoms with Crippen molar-refractivity contribution in [3.8, 4) is 11.5 Å². The highest BCUT2D eigenvalue weighted by atomic mass is 32.2. The van der Waals surface area contributed by atoms with E-state index in [-0.39, 0.29) is 0 Å². The fourth-order valence-electron chi connectivity index (χ4n) is 3.52. The molecule has 0 amide bonds. The highest BCUT2D eigenvalue weighted by Gasteiger charge is 2.23. The van der Waals surface area contributed by atoms with Gasteiger partial charge in [-0.05, 0) is 52.9 Å². The number of pyridine rings is 1. The first kappa shape index (κ1) is 17.6. The monoisotopic (exact) mass is 392 g/mol. The van der Waals surface area contributed by atoms with Gasteiger partial charge in [-0.2, -0.15) is 0 Å². The molecule has 2 aromatic carbocycles. The van der Waals surface area contributed by atoms with Crippen LogP contribution < -0.4 is 9.47 Å². The quantitative estimate of drug-likeness (QED) is 0.679. The number of rotatable bonds is 4. The van der Waals surface area contributed by atoms with Gasteiger partial charge >= 0.3 is 0 Å². The van der Waals surface area contributed by atoms with Crippen LogP contribution >= 0.6 is 11.9 Å². The van der Waals surface area contributed by atoms with Crippen LogP contribution in [-0.2, 0) is 13.1 Å². The van der Waals surface area contributed by atoms with E-state index >= 15 is 0 Å². The summed E-state index contributed by atoms with van der Waals surface area (Å²) in [6, 6.07) is 17.7.